The molecule has 0 unspecified atom stereocenters. The number of aliphatic hydroxyl groups is 1. The number of H-pyrrole nitrogens is 1. The van der Waals surface area contributed by atoms with Crippen LogP contribution in [0.5, 0.6) is 0 Å². The van der Waals surface area contributed by atoms with E-state index in [2.05, 4.69) is 15.0 Å². The van der Waals surface area contributed by atoms with Crippen molar-refractivity contribution < 1.29 is 36.3 Å². The number of nitrogens with one attached hydrogen (secondary N) is 1. The van der Waals surface area contributed by atoms with Crippen molar-refractivity contribution in [3.8, 4) is 0 Å². The van der Waals surface area contributed by atoms with Gasteiger partial charge in [0.1, 0.15) is 28.8 Å². The lowest BCUT2D eigenvalue weighted by molar-refractivity contribution is -0.141. The van der Waals surface area contributed by atoms with Gasteiger partial charge in [0.2, 0.25) is 11.7 Å². The Labute approximate surface area is 189 Å². The predicted molar refractivity (Wildman–Crippen MR) is 108 cm³/mol. The quantitative estimate of drug-likeness (QED) is 0.425. The van der Waals surface area contributed by atoms with Gasteiger partial charge in [0, 0.05) is 18.7 Å². The molecule has 1 amide bonds. The van der Waals surface area contributed by atoms with Gasteiger partial charge in [-0.1, -0.05) is 6.07 Å². The number of imidazole rings is 1. The number of benzene rings is 1. The number of aromatic amines is 1. The maximum absolute atomic E-state index is 14.3. The zero-order valence-corrected chi connectivity index (χ0v) is 17.9. The number of aromatic nitrogens is 3. The molecule has 12 heteroatoms. The Balaban J connectivity index is 1.65. The second-order valence-electron chi connectivity index (χ2n) is 8.47. The number of rotatable bonds is 3. The van der Waals surface area contributed by atoms with Gasteiger partial charge in [0.25, 0.3) is 5.91 Å². The van der Waals surface area contributed by atoms with Crippen molar-refractivity contribution in [2.45, 2.75) is 38.1 Å². The largest absolute Gasteiger partial charge is 0.458 e. The number of alkyl halides is 3. The summed E-state index contributed by atoms with van der Waals surface area (Å²) in [6.45, 7) is 2.37. The van der Waals surface area contributed by atoms with Gasteiger partial charge in [-0.3, -0.25) is 4.79 Å². The van der Waals surface area contributed by atoms with Crippen molar-refractivity contribution in [3.63, 3.8) is 0 Å². The summed E-state index contributed by atoms with van der Waals surface area (Å²) in [7, 11) is 0. The molecule has 0 spiro atoms. The Morgan fingerprint density at radius 3 is 2.71 bits per heavy atom. The Bertz CT molecular complexity index is 1400. The molecular formula is C22H18F4N4O4. The molecule has 3 aromatic heterocycles. The number of hydrogen-bond acceptors (Lipinski definition) is 6. The zero-order chi connectivity index (χ0) is 24.4. The highest BCUT2D eigenvalue weighted by molar-refractivity contribution is 5.93. The fourth-order valence-corrected chi connectivity index (χ4v) is 4.01. The SMILES string of the molecule is CC(C)(O)c1nc(C(F)(F)F)c(C(=O)N2CCc3[nH]cnc3[C@@H]2c2cc3c(F)cccc3o2)o1. The molecule has 2 N–H and O–H groups in total. The third-order valence-corrected chi connectivity index (χ3v) is 5.60. The monoisotopic (exact) mass is 478 g/mol. The second kappa shape index (κ2) is 7.42. The van der Waals surface area contributed by atoms with Crippen molar-refractivity contribution >= 4 is 16.9 Å². The molecule has 0 saturated carbocycles. The van der Waals surface area contributed by atoms with E-state index in [9.17, 15) is 27.5 Å². The van der Waals surface area contributed by atoms with Gasteiger partial charge in [-0.2, -0.15) is 13.2 Å². The molecule has 1 atom stereocenters. The number of fused-ring (bicyclic) bond motifs is 2. The van der Waals surface area contributed by atoms with E-state index in [0.717, 1.165) is 4.90 Å². The van der Waals surface area contributed by atoms with Crippen LogP contribution >= 0.6 is 0 Å². The van der Waals surface area contributed by atoms with Crippen LogP contribution in [0.15, 0.2) is 39.4 Å². The summed E-state index contributed by atoms with van der Waals surface area (Å²) in [5.41, 5.74) is -2.16. The van der Waals surface area contributed by atoms with Crippen molar-refractivity contribution in [3.05, 3.63) is 70.9 Å². The molecule has 4 aromatic rings. The molecule has 0 fully saturated rings. The summed E-state index contributed by atoms with van der Waals surface area (Å²) in [5, 5.41) is 10.3. The van der Waals surface area contributed by atoms with Gasteiger partial charge in [-0.05, 0) is 32.0 Å². The second-order valence-corrected chi connectivity index (χ2v) is 8.47. The smallest absolute Gasteiger partial charge is 0.437 e. The van der Waals surface area contributed by atoms with Crippen LogP contribution in [0.25, 0.3) is 11.0 Å². The van der Waals surface area contributed by atoms with Crippen LogP contribution in [0.4, 0.5) is 17.6 Å². The molecule has 178 valence electrons. The molecule has 0 aliphatic carbocycles. The number of carbonyl (C=O) groups is 1. The topological polar surface area (TPSA) is 108 Å². The predicted octanol–water partition coefficient (Wildman–Crippen LogP) is 4.32. The third-order valence-electron chi connectivity index (χ3n) is 5.60. The standard InChI is InChI=1S/C22H18F4N4O4/c1-21(2,32)20-29-18(22(24,25)26)17(34-20)19(31)30-7-6-12-15(28-9-27-12)16(30)14-8-10-11(23)4-3-5-13(10)33-14/h3-5,8-9,16,32H,6-7H2,1-2H3,(H,27,28)/t16-/m0/s1. The van der Waals surface area contributed by atoms with E-state index >= 15 is 0 Å². The van der Waals surface area contributed by atoms with Crippen LogP contribution in [0, 0.1) is 5.82 Å². The average Bonchev–Trinajstić information content (AvgIpc) is 3.48. The lowest BCUT2D eigenvalue weighted by Crippen LogP contribution is -2.41. The summed E-state index contributed by atoms with van der Waals surface area (Å²) in [5.74, 6) is -3.25. The first-order valence-electron chi connectivity index (χ1n) is 10.3. The average molecular weight is 478 g/mol. The minimum Gasteiger partial charge on any atom is -0.458 e. The van der Waals surface area contributed by atoms with E-state index in [1.54, 1.807) is 0 Å². The molecule has 5 rings (SSSR count). The fraction of sp³-hybridized carbons (Fsp3) is 0.318. The van der Waals surface area contributed by atoms with Crippen molar-refractivity contribution in [1.29, 1.82) is 0 Å². The number of furan rings is 1. The van der Waals surface area contributed by atoms with Gasteiger partial charge in [-0.25, -0.2) is 14.4 Å². The van der Waals surface area contributed by atoms with Crippen LogP contribution < -0.4 is 0 Å². The number of oxazole rings is 1. The van der Waals surface area contributed by atoms with Crippen molar-refractivity contribution in [2.75, 3.05) is 6.54 Å². The van der Waals surface area contributed by atoms with E-state index < -0.39 is 46.9 Å². The minimum atomic E-state index is -5.01. The summed E-state index contributed by atoms with van der Waals surface area (Å²) in [4.78, 5) is 25.1. The fourth-order valence-electron chi connectivity index (χ4n) is 4.01. The maximum Gasteiger partial charge on any atom is 0.437 e. The highest BCUT2D eigenvalue weighted by Gasteiger charge is 2.46. The van der Waals surface area contributed by atoms with Crippen molar-refractivity contribution in [1.82, 2.24) is 19.9 Å². The Morgan fingerprint density at radius 1 is 1.26 bits per heavy atom. The highest BCUT2D eigenvalue weighted by atomic mass is 19.4. The van der Waals surface area contributed by atoms with E-state index in [0.29, 0.717) is 11.4 Å². The third kappa shape index (κ3) is 3.54. The van der Waals surface area contributed by atoms with Gasteiger partial charge in [-0.15, -0.1) is 0 Å². The summed E-state index contributed by atoms with van der Waals surface area (Å²) >= 11 is 0. The normalized spacial score (nSPS) is 16.8. The Hall–Kier alpha value is -3.67. The molecule has 1 aromatic carbocycles. The molecule has 8 nitrogen and oxygen atoms in total. The molecular weight excluding hydrogens is 460 g/mol. The molecule has 0 radical (unpaired) electrons. The summed E-state index contributed by atoms with van der Waals surface area (Å²) < 4.78 is 66.4. The Kier molecular flexibility index (Phi) is 4.83. The van der Waals surface area contributed by atoms with Crippen LogP contribution in [0.1, 0.15) is 59.2 Å². The van der Waals surface area contributed by atoms with E-state index in [1.165, 1.54) is 44.4 Å². The van der Waals surface area contributed by atoms with E-state index in [4.69, 9.17) is 8.83 Å². The van der Waals surface area contributed by atoms with E-state index in [1.807, 2.05) is 0 Å². The number of nitrogens with zero attached hydrogens (tertiary/aromatic N) is 3. The van der Waals surface area contributed by atoms with Gasteiger partial charge < -0.3 is 23.8 Å². The molecule has 1 aliphatic rings. The number of hydrogen-bond donors (Lipinski definition) is 2. The van der Waals surface area contributed by atoms with Crippen LogP contribution in [-0.4, -0.2) is 37.4 Å². The summed E-state index contributed by atoms with van der Waals surface area (Å²) in [6.07, 6.45) is -3.33. The van der Waals surface area contributed by atoms with Gasteiger partial charge in [0.05, 0.1) is 17.4 Å². The van der Waals surface area contributed by atoms with Crippen LogP contribution in [-0.2, 0) is 18.2 Å². The van der Waals surface area contributed by atoms with Crippen LogP contribution in [0.3, 0.4) is 0 Å². The first-order valence-corrected chi connectivity index (χ1v) is 10.3. The minimum absolute atomic E-state index is 0.00588. The number of amides is 1. The molecule has 0 bridgehead atoms. The first-order chi connectivity index (χ1) is 15.9. The van der Waals surface area contributed by atoms with Crippen LogP contribution in [0.2, 0.25) is 0 Å². The first kappa shape index (κ1) is 22.1. The van der Waals surface area contributed by atoms with Gasteiger partial charge in [0.15, 0.2) is 5.69 Å². The van der Waals surface area contributed by atoms with Crippen molar-refractivity contribution in [2.24, 2.45) is 0 Å². The molecule has 34 heavy (non-hydrogen) atoms. The van der Waals surface area contributed by atoms with E-state index in [-0.39, 0.29) is 29.7 Å². The molecule has 1 aliphatic heterocycles. The number of carbonyl (C=O) groups excluding carboxylic acids is 1. The van der Waals surface area contributed by atoms with Gasteiger partial charge >= 0.3 is 6.18 Å². The lowest BCUT2D eigenvalue weighted by Gasteiger charge is -2.33. The molecule has 4 heterocycles. The molecule has 0 saturated heterocycles. The highest BCUT2D eigenvalue weighted by Crippen LogP contribution is 2.40. The maximum atomic E-state index is 14.3. The lowest BCUT2D eigenvalue weighted by atomic mass is 9.99. The number of halogens is 4. The Morgan fingerprint density at radius 2 is 2.03 bits per heavy atom. The zero-order valence-electron chi connectivity index (χ0n) is 17.9. The summed E-state index contributed by atoms with van der Waals surface area (Å²) in [6, 6.07) is 4.58.